The summed E-state index contributed by atoms with van der Waals surface area (Å²) in [6, 6.07) is 17.0. The van der Waals surface area contributed by atoms with E-state index in [-0.39, 0.29) is 25.5 Å². The van der Waals surface area contributed by atoms with Gasteiger partial charge in [-0.05, 0) is 76.3 Å². The minimum atomic E-state index is -3.90. The molecule has 5 atom stereocenters. The SMILES string of the molecule is O=C(N[C@@H]1CCCCC/C=C\[C@@H]2C[C@@]2(C(=O)NS(=O)(=O)C2CC2)NC(=O)[C@@H]2C[C@@H](Oc3cc(-c4ccccc4)nc4c5ccccc5nn34)CN2C1=O)OC1CCCC1. The van der Waals surface area contributed by atoms with E-state index >= 15 is 0 Å². The van der Waals surface area contributed by atoms with Crippen molar-refractivity contribution in [2.75, 3.05) is 6.54 Å². The molecule has 1 saturated heterocycles. The van der Waals surface area contributed by atoms with Crippen molar-refractivity contribution in [1.29, 1.82) is 0 Å². The van der Waals surface area contributed by atoms with Gasteiger partial charge in [0.15, 0.2) is 5.65 Å². The Morgan fingerprint density at radius 1 is 0.898 bits per heavy atom. The van der Waals surface area contributed by atoms with Crippen molar-refractivity contribution in [3.05, 3.63) is 72.8 Å². The first-order chi connectivity index (χ1) is 28.6. The fourth-order valence-corrected chi connectivity index (χ4v) is 10.2. The third kappa shape index (κ3) is 8.10. The molecule has 4 aromatic rings. The van der Waals surface area contributed by atoms with Gasteiger partial charge in [-0.25, -0.2) is 18.2 Å². The fraction of sp³-hybridized carbons (Fsp3) is 0.488. The first kappa shape index (κ1) is 39.0. The number of fused-ring (bicyclic) bond motifs is 5. The first-order valence-electron chi connectivity index (χ1n) is 20.9. The maximum Gasteiger partial charge on any atom is 0.408 e. The molecule has 3 N–H and O–H groups in total. The van der Waals surface area contributed by atoms with Crippen molar-refractivity contribution < 1.29 is 37.1 Å². The molecule has 2 aliphatic heterocycles. The molecule has 0 bridgehead atoms. The Hall–Kier alpha value is -5.51. The number of sulfonamides is 1. The van der Waals surface area contributed by atoms with Gasteiger partial charge in [-0.1, -0.05) is 67.5 Å². The van der Waals surface area contributed by atoms with E-state index in [0.29, 0.717) is 54.8 Å². The van der Waals surface area contributed by atoms with E-state index in [1.807, 2.05) is 66.7 Å². The van der Waals surface area contributed by atoms with Crippen LogP contribution >= 0.6 is 0 Å². The molecular weight excluding hydrogens is 775 g/mol. The highest BCUT2D eigenvalue weighted by Crippen LogP contribution is 2.46. The lowest BCUT2D eigenvalue weighted by molar-refractivity contribution is -0.141. The van der Waals surface area contributed by atoms with Crippen LogP contribution < -0.4 is 20.1 Å². The number of hydrogen-bond donors (Lipinski definition) is 3. The zero-order valence-corrected chi connectivity index (χ0v) is 33.6. The van der Waals surface area contributed by atoms with Crippen LogP contribution in [0.3, 0.4) is 0 Å². The summed E-state index contributed by atoms with van der Waals surface area (Å²) in [6.07, 6.45) is 10.2. The number of amides is 4. The van der Waals surface area contributed by atoms with Crippen LogP contribution in [0.25, 0.3) is 27.8 Å². The molecule has 0 unspecified atom stereocenters. The summed E-state index contributed by atoms with van der Waals surface area (Å²) in [4.78, 5) is 62.8. The van der Waals surface area contributed by atoms with Crippen LogP contribution in [0.2, 0.25) is 0 Å². The smallest absolute Gasteiger partial charge is 0.408 e. The van der Waals surface area contributed by atoms with Gasteiger partial charge in [0.1, 0.15) is 29.8 Å². The molecule has 9 rings (SSSR count). The summed E-state index contributed by atoms with van der Waals surface area (Å²) in [6.45, 7) is -0.0172. The third-order valence-electron chi connectivity index (χ3n) is 12.3. The Kier molecular flexibility index (Phi) is 10.5. The zero-order chi connectivity index (χ0) is 40.7. The van der Waals surface area contributed by atoms with Crippen molar-refractivity contribution >= 4 is 50.4 Å². The summed E-state index contributed by atoms with van der Waals surface area (Å²) in [7, 11) is -3.90. The Morgan fingerprint density at radius 2 is 1.66 bits per heavy atom. The second-order valence-electron chi connectivity index (χ2n) is 16.6. The molecule has 4 fully saturated rings. The Bertz CT molecular complexity index is 2410. The van der Waals surface area contributed by atoms with Gasteiger partial charge in [-0.3, -0.25) is 19.1 Å². The summed E-state index contributed by atoms with van der Waals surface area (Å²) in [5, 5.41) is 10.7. The minimum absolute atomic E-state index is 0.0172. The van der Waals surface area contributed by atoms with E-state index in [1.54, 1.807) is 10.6 Å². The van der Waals surface area contributed by atoms with Gasteiger partial charge in [-0.2, -0.15) is 9.61 Å². The van der Waals surface area contributed by atoms with Gasteiger partial charge in [0, 0.05) is 29.4 Å². The molecule has 16 heteroatoms. The van der Waals surface area contributed by atoms with E-state index in [2.05, 4.69) is 15.4 Å². The van der Waals surface area contributed by atoms with Crippen LogP contribution in [0, 0.1) is 5.92 Å². The zero-order valence-electron chi connectivity index (χ0n) is 32.8. The number of aromatic nitrogens is 3. The van der Waals surface area contributed by atoms with Crippen LogP contribution in [-0.4, -0.2) is 93.4 Å². The number of rotatable bonds is 8. The number of allylic oxidation sites excluding steroid dienone is 1. The molecule has 4 heterocycles. The standard InChI is InChI=1S/C43H49N7O8S/c51-39-36-23-30(57-37-24-35(27-13-5-4-6-14-27)44-38-32-18-11-12-19-33(32)47-50(37)38)26-49(36)40(52)34(45-42(54)58-29-16-9-10-17-29)20-8-3-1-2-7-15-28-25-43(28,46-39)41(53)48-59(55,56)31-21-22-31/h4-7,11-15,18-19,24,28-31,34,36H,1-3,8-10,16-17,20-23,25-26H2,(H,45,54)(H,46,51)(H,48,53)/b15-7-/t28-,30-,34-,36+,43-/m1/s1. The number of nitrogens with zero attached hydrogens (tertiary/aromatic N) is 4. The second-order valence-corrected chi connectivity index (χ2v) is 18.6. The van der Waals surface area contributed by atoms with Crippen LogP contribution in [-0.2, 0) is 29.1 Å². The van der Waals surface area contributed by atoms with Crippen molar-refractivity contribution in [1.82, 2.24) is 34.9 Å². The first-order valence-corrected chi connectivity index (χ1v) is 22.5. The van der Waals surface area contributed by atoms with Crippen LogP contribution in [0.5, 0.6) is 5.88 Å². The third-order valence-corrected chi connectivity index (χ3v) is 14.1. The quantitative estimate of drug-likeness (QED) is 0.205. The molecule has 5 aliphatic rings. The number of hydrogen-bond acceptors (Lipinski definition) is 10. The van der Waals surface area contributed by atoms with E-state index in [4.69, 9.17) is 19.6 Å². The summed E-state index contributed by atoms with van der Waals surface area (Å²) in [5.74, 6) is -1.94. The monoisotopic (exact) mass is 823 g/mol. The lowest BCUT2D eigenvalue weighted by atomic mass is 10.0. The van der Waals surface area contributed by atoms with E-state index < -0.39 is 68.7 Å². The second kappa shape index (κ2) is 15.9. The predicted octanol–water partition coefficient (Wildman–Crippen LogP) is 4.94. The molecule has 3 aliphatic carbocycles. The summed E-state index contributed by atoms with van der Waals surface area (Å²) in [5.41, 5.74) is 1.28. The molecule has 2 aromatic carbocycles. The van der Waals surface area contributed by atoms with Crippen LogP contribution in [0.1, 0.15) is 83.5 Å². The van der Waals surface area contributed by atoms with E-state index in [1.165, 1.54) is 4.90 Å². The largest absolute Gasteiger partial charge is 0.472 e. The number of carbonyl (C=O) groups excluding carboxylic acids is 4. The average Bonchev–Trinajstić information content (AvgIpc) is 4.04. The average molecular weight is 824 g/mol. The highest BCUT2D eigenvalue weighted by Gasteiger charge is 2.62. The highest BCUT2D eigenvalue weighted by atomic mass is 32.2. The topological polar surface area (TPSA) is 190 Å². The maximum atomic E-state index is 14.7. The number of ether oxygens (including phenoxy) is 2. The Morgan fingerprint density at radius 3 is 2.46 bits per heavy atom. The maximum absolute atomic E-state index is 14.7. The van der Waals surface area contributed by atoms with Crippen molar-refractivity contribution in [3.8, 4) is 17.1 Å². The van der Waals surface area contributed by atoms with Gasteiger partial charge >= 0.3 is 6.09 Å². The number of carbonyl (C=O) groups is 4. The highest BCUT2D eigenvalue weighted by molar-refractivity contribution is 7.91. The molecule has 0 spiro atoms. The number of alkyl carbamates (subject to hydrolysis) is 1. The normalized spacial score (nSPS) is 27.2. The Balaban J connectivity index is 1.05. The number of nitrogens with one attached hydrogen (secondary N) is 3. The van der Waals surface area contributed by atoms with Gasteiger partial charge in [0.2, 0.25) is 27.7 Å². The molecule has 310 valence electrons. The van der Waals surface area contributed by atoms with Crippen molar-refractivity contribution in [2.45, 2.75) is 119 Å². The summed E-state index contributed by atoms with van der Waals surface area (Å²) < 4.78 is 42.2. The fourth-order valence-electron chi connectivity index (χ4n) is 8.80. The number of benzene rings is 2. The molecular formula is C43H49N7O8S. The van der Waals surface area contributed by atoms with Gasteiger partial charge in [0.25, 0.3) is 5.91 Å². The predicted molar refractivity (Wildman–Crippen MR) is 217 cm³/mol. The van der Waals surface area contributed by atoms with Gasteiger partial charge < -0.3 is 25.0 Å². The molecule has 4 amide bonds. The van der Waals surface area contributed by atoms with Crippen LogP contribution in [0.15, 0.2) is 72.8 Å². The molecule has 3 saturated carbocycles. The molecule has 15 nitrogen and oxygen atoms in total. The molecule has 2 aromatic heterocycles. The van der Waals surface area contributed by atoms with Crippen LogP contribution in [0.4, 0.5) is 4.79 Å². The lowest BCUT2D eigenvalue weighted by Gasteiger charge is -2.30. The van der Waals surface area contributed by atoms with Crippen molar-refractivity contribution in [2.24, 2.45) is 5.92 Å². The molecule has 59 heavy (non-hydrogen) atoms. The minimum Gasteiger partial charge on any atom is -0.472 e. The van der Waals surface area contributed by atoms with E-state index in [0.717, 1.165) is 49.5 Å². The lowest BCUT2D eigenvalue weighted by Crippen LogP contribution is -2.58. The summed E-state index contributed by atoms with van der Waals surface area (Å²) >= 11 is 0. The van der Waals surface area contributed by atoms with Gasteiger partial charge in [0.05, 0.1) is 23.0 Å². The Labute approximate surface area is 342 Å². The van der Waals surface area contributed by atoms with E-state index in [9.17, 15) is 27.6 Å². The van der Waals surface area contributed by atoms with Crippen molar-refractivity contribution in [3.63, 3.8) is 0 Å². The van der Waals surface area contributed by atoms with Gasteiger partial charge in [-0.15, -0.1) is 0 Å². The molecule has 0 radical (unpaired) electrons.